The van der Waals surface area contributed by atoms with Crippen LogP contribution in [-0.2, 0) is 0 Å². The maximum absolute atomic E-state index is 5.39. The molecule has 0 amide bonds. The minimum Gasteiger partial charge on any atom is -0.353 e. The van der Waals surface area contributed by atoms with E-state index in [0.717, 1.165) is 15.6 Å². The normalized spacial score (nSPS) is 31.3. The molecular weight excluding hydrogens is 198 g/mol. The predicted octanol–water partition coefficient (Wildman–Crippen LogP) is 3.04. The van der Waals surface area contributed by atoms with E-state index < -0.39 is 0 Å². The topological polar surface area (TPSA) is 3.24 Å². The average Bonchev–Trinajstić information content (AvgIpc) is 2.47. The second-order valence-corrected chi connectivity index (χ2v) is 6.21. The number of nitrogens with zero attached hydrogens (tertiary/aromatic N) is 1. The van der Waals surface area contributed by atoms with Crippen LogP contribution in [0.4, 0.5) is 0 Å². The number of hydrogen-bond donors (Lipinski definition) is 0. The SMILES string of the molecule is CC1CN(C2CCCCC2)C(=S)S1. The molecule has 0 N–H and O–H groups in total. The van der Waals surface area contributed by atoms with Gasteiger partial charge in [-0.2, -0.15) is 0 Å². The third-order valence-electron chi connectivity index (χ3n) is 3.01. The number of hydrogen-bond acceptors (Lipinski definition) is 2. The second-order valence-electron chi connectivity index (χ2n) is 4.14. The molecule has 0 aromatic rings. The third kappa shape index (κ3) is 2.18. The Kier molecular flexibility index (Phi) is 3.14. The summed E-state index contributed by atoms with van der Waals surface area (Å²) in [6, 6.07) is 0.777. The van der Waals surface area contributed by atoms with E-state index in [2.05, 4.69) is 11.8 Å². The van der Waals surface area contributed by atoms with Crippen LogP contribution in [-0.4, -0.2) is 27.1 Å². The van der Waals surface area contributed by atoms with Crippen LogP contribution >= 0.6 is 24.0 Å². The Morgan fingerprint density at radius 1 is 1.31 bits per heavy atom. The van der Waals surface area contributed by atoms with Crippen molar-refractivity contribution < 1.29 is 0 Å². The minimum atomic E-state index is 0.717. The lowest BCUT2D eigenvalue weighted by atomic mass is 9.94. The first-order valence-corrected chi connectivity index (χ1v) is 6.53. The standard InChI is InChI=1S/C10H17NS2/c1-8-7-11(10(12)13-8)9-5-3-2-4-6-9/h8-9H,2-7H2,1H3. The fourth-order valence-electron chi connectivity index (χ4n) is 2.32. The van der Waals surface area contributed by atoms with Crippen LogP contribution in [0.2, 0.25) is 0 Å². The smallest absolute Gasteiger partial charge is 0.136 e. The first kappa shape index (κ1) is 9.78. The number of thiocarbonyl (C=S) groups is 1. The summed E-state index contributed by atoms with van der Waals surface area (Å²) in [5.41, 5.74) is 0. The molecule has 3 heteroatoms. The molecule has 1 nitrogen and oxygen atoms in total. The molecule has 2 fully saturated rings. The molecule has 74 valence electrons. The Morgan fingerprint density at radius 3 is 2.54 bits per heavy atom. The Morgan fingerprint density at radius 2 is 2.00 bits per heavy atom. The molecule has 0 aromatic heterocycles. The maximum atomic E-state index is 5.39. The van der Waals surface area contributed by atoms with Crippen molar-refractivity contribution in [1.29, 1.82) is 0 Å². The molecule has 1 unspecified atom stereocenters. The van der Waals surface area contributed by atoms with Gasteiger partial charge in [0.05, 0.1) is 0 Å². The van der Waals surface area contributed by atoms with Gasteiger partial charge in [-0.25, -0.2) is 0 Å². The average molecular weight is 215 g/mol. The van der Waals surface area contributed by atoms with E-state index in [1.807, 2.05) is 11.8 Å². The summed E-state index contributed by atoms with van der Waals surface area (Å²) in [5, 5.41) is 0.717. The summed E-state index contributed by atoms with van der Waals surface area (Å²) in [6.07, 6.45) is 6.98. The van der Waals surface area contributed by atoms with Gasteiger partial charge in [0.2, 0.25) is 0 Å². The van der Waals surface area contributed by atoms with E-state index in [0.29, 0.717) is 0 Å². The second kappa shape index (κ2) is 4.18. The Hall–Kier alpha value is 0.240. The quantitative estimate of drug-likeness (QED) is 0.619. The summed E-state index contributed by atoms with van der Waals surface area (Å²) < 4.78 is 1.15. The van der Waals surface area contributed by atoms with Gasteiger partial charge in [-0.1, -0.05) is 50.2 Å². The molecular formula is C10H17NS2. The van der Waals surface area contributed by atoms with E-state index in [9.17, 15) is 0 Å². The molecule has 1 aliphatic carbocycles. The Bertz CT molecular complexity index is 199. The molecule has 0 bridgehead atoms. The summed E-state index contributed by atoms with van der Waals surface area (Å²) in [7, 11) is 0. The molecule has 2 rings (SSSR count). The molecule has 0 aromatic carbocycles. The zero-order chi connectivity index (χ0) is 9.26. The van der Waals surface area contributed by atoms with Gasteiger partial charge >= 0.3 is 0 Å². The van der Waals surface area contributed by atoms with E-state index >= 15 is 0 Å². The molecule has 1 aliphatic heterocycles. The van der Waals surface area contributed by atoms with Crippen molar-refractivity contribution in [3.05, 3.63) is 0 Å². The van der Waals surface area contributed by atoms with Crippen LogP contribution in [0, 0.1) is 0 Å². The monoisotopic (exact) mass is 215 g/mol. The maximum Gasteiger partial charge on any atom is 0.136 e. The summed E-state index contributed by atoms with van der Waals surface area (Å²) in [5.74, 6) is 0. The Balaban J connectivity index is 1.95. The molecule has 1 heterocycles. The minimum absolute atomic E-state index is 0.717. The first-order valence-electron chi connectivity index (χ1n) is 5.24. The lowest BCUT2D eigenvalue weighted by Gasteiger charge is -2.31. The van der Waals surface area contributed by atoms with Crippen molar-refractivity contribution in [2.45, 2.75) is 50.3 Å². The molecule has 1 saturated carbocycles. The highest BCUT2D eigenvalue weighted by Crippen LogP contribution is 2.32. The van der Waals surface area contributed by atoms with Crippen molar-refractivity contribution in [1.82, 2.24) is 4.90 Å². The van der Waals surface area contributed by atoms with Crippen LogP contribution < -0.4 is 0 Å². The molecule has 2 aliphatic rings. The molecule has 1 atom stereocenters. The lowest BCUT2D eigenvalue weighted by Crippen LogP contribution is -2.37. The van der Waals surface area contributed by atoms with Gasteiger partial charge < -0.3 is 4.90 Å². The van der Waals surface area contributed by atoms with Gasteiger partial charge in [-0.3, -0.25) is 0 Å². The van der Waals surface area contributed by atoms with E-state index in [-0.39, 0.29) is 0 Å². The van der Waals surface area contributed by atoms with Gasteiger partial charge in [0.15, 0.2) is 0 Å². The van der Waals surface area contributed by atoms with Crippen molar-refractivity contribution >= 4 is 28.3 Å². The van der Waals surface area contributed by atoms with Crippen molar-refractivity contribution in [3.63, 3.8) is 0 Å². The predicted molar refractivity (Wildman–Crippen MR) is 63.2 cm³/mol. The molecule has 0 radical (unpaired) electrons. The largest absolute Gasteiger partial charge is 0.353 e. The summed E-state index contributed by atoms with van der Waals surface area (Å²) in [6.45, 7) is 3.47. The van der Waals surface area contributed by atoms with Gasteiger partial charge in [-0.05, 0) is 12.8 Å². The zero-order valence-corrected chi connectivity index (χ0v) is 9.79. The Labute approximate surface area is 90.3 Å². The zero-order valence-electron chi connectivity index (χ0n) is 8.16. The first-order chi connectivity index (χ1) is 6.27. The lowest BCUT2D eigenvalue weighted by molar-refractivity contribution is 0.258. The fraction of sp³-hybridized carbons (Fsp3) is 0.900. The van der Waals surface area contributed by atoms with Crippen molar-refractivity contribution in [2.75, 3.05) is 6.54 Å². The fourth-order valence-corrected chi connectivity index (χ4v) is 3.97. The van der Waals surface area contributed by atoms with Gasteiger partial charge in [0.25, 0.3) is 0 Å². The highest BCUT2D eigenvalue weighted by molar-refractivity contribution is 8.23. The highest BCUT2D eigenvalue weighted by Gasteiger charge is 2.30. The molecule has 0 spiro atoms. The third-order valence-corrected chi connectivity index (χ3v) is 4.52. The van der Waals surface area contributed by atoms with Crippen LogP contribution in [0.3, 0.4) is 0 Å². The highest BCUT2D eigenvalue weighted by atomic mass is 32.2. The van der Waals surface area contributed by atoms with E-state index in [4.69, 9.17) is 12.2 Å². The number of thioether (sulfide) groups is 1. The summed E-state index contributed by atoms with van der Waals surface area (Å²) in [4.78, 5) is 2.48. The van der Waals surface area contributed by atoms with Crippen molar-refractivity contribution in [2.24, 2.45) is 0 Å². The van der Waals surface area contributed by atoms with Crippen LogP contribution in [0.1, 0.15) is 39.0 Å². The van der Waals surface area contributed by atoms with Gasteiger partial charge in [-0.15, -0.1) is 0 Å². The van der Waals surface area contributed by atoms with E-state index in [1.54, 1.807) is 0 Å². The number of rotatable bonds is 1. The summed E-state index contributed by atoms with van der Waals surface area (Å²) >= 11 is 7.27. The van der Waals surface area contributed by atoms with Gasteiger partial charge in [0.1, 0.15) is 4.32 Å². The van der Waals surface area contributed by atoms with E-state index in [1.165, 1.54) is 38.6 Å². The van der Waals surface area contributed by atoms with Crippen LogP contribution in [0.5, 0.6) is 0 Å². The van der Waals surface area contributed by atoms with Crippen LogP contribution in [0.15, 0.2) is 0 Å². The van der Waals surface area contributed by atoms with Crippen LogP contribution in [0.25, 0.3) is 0 Å². The molecule has 1 saturated heterocycles. The molecule has 13 heavy (non-hydrogen) atoms. The van der Waals surface area contributed by atoms with Crippen molar-refractivity contribution in [3.8, 4) is 0 Å². The van der Waals surface area contributed by atoms with Gasteiger partial charge in [0, 0.05) is 17.8 Å².